The fourth-order valence-electron chi connectivity index (χ4n) is 2.92. The monoisotopic (exact) mass is 341 g/mol. The highest BCUT2D eigenvalue weighted by Gasteiger charge is 2.20. The predicted molar refractivity (Wildman–Crippen MR) is 95.4 cm³/mol. The molecule has 132 valence electrons. The Morgan fingerprint density at radius 2 is 2.12 bits per heavy atom. The van der Waals surface area contributed by atoms with Crippen molar-refractivity contribution in [3.63, 3.8) is 0 Å². The number of rotatable bonds is 5. The van der Waals surface area contributed by atoms with Gasteiger partial charge in [0.2, 0.25) is 5.91 Å². The van der Waals surface area contributed by atoms with E-state index in [0.717, 1.165) is 25.9 Å². The molecule has 7 nitrogen and oxygen atoms in total. The predicted octanol–water partition coefficient (Wildman–Crippen LogP) is 1.52. The zero-order chi connectivity index (χ0) is 17.6. The van der Waals surface area contributed by atoms with E-state index in [2.05, 4.69) is 15.7 Å². The lowest BCUT2D eigenvalue weighted by molar-refractivity contribution is -0.116. The van der Waals surface area contributed by atoms with E-state index >= 15 is 0 Å². The lowest BCUT2D eigenvalue weighted by Gasteiger charge is -2.23. The second kappa shape index (κ2) is 7.94. The molecule has 3 rings (SSSR count). The molecule has 2 aromatic rings. The number of benzene rings is 1. The van der Waals surface area contributed by atoms with Gasteiger partial charge in [0.15, 0.2) is 0 Å². The second-order valence-electron chi connectivity index (χ2n) is 6.26. The number of nitrogens with one attached hydrogen (secondary N) is 2. The van der Waals surface area contributed by atoms with E-state index < -0.39 is 0 Å². The molecule has 0 aliphatic carbocycles. The molecule has 2 heterocycles. The van der Waals surface area contributed by atoms with Crippen LogP contribution < -0.4 is 10.6 Å². The number of hydrogen-bond donors (Lipinski definition) is 2. The zero-order valence-electron chi connectivity index (χ0n) is 14.3. The van der Waals surface area contributed by atoms with Crippen LogP contribution in [-0.2, 0) is 4.79 Å². The van der Waals surface area contributed by atoms with Gasteiger partial charge in [0.05, 0.1) is 12.6 Å². The molecule has 1 aromatic carbocycles. The van der Waals surface area contributed by atoms with Crippen LogP contribution in [0.4, 0.5) is 5.69 Å². The van der Waals surface area contributed by atoms with E-state index in [0.29, 0.717) is 11.4 Å². The quantitative estimate of drug-likeness (QED) is 0.864. The van der Waals surface area contributed by atoms with Crippen molar-refractivity contribution in [1.29, 1.82) is 0 Å². The molecule has 1 atom stereocenters. The highest BCUT2D eigenvalue weighted by Crippen LogP contribution is 2.16. The van der Waals surface area contributed by atoms with Gasteiger partial charge in [-0.2, -0.15) is 5.10 Å². The molecule has 1 aromatic heterocycles. The molecule has 0 bridgehead atoms. The molecule has 1 saturated heterocycles. The maximum atomic E-state index is 12.5. The van der Waals surface area contributed by atoms with E-state index in [1.165, 1.54) is 4.90 Å². The van der Waals surface area contributed by atoms with Crippen LogP contribution in [0.3, 0.4) is 0 Å². The van der Waals surface area contributed by atoms with Gasteiger partial charge in [-0.25, -0.2) is 0 Å². The van der Waals surface area contributed by atoms with Crippen LogP contribution in [0, 0.1) is 0 Å². The summed E-state index contributed by atoms with van der Waals surface area (Å²) in [6.45, 7) is 1.87. The number of aromatic nitrogens is 2. The first kappa shape index (κ1) is 17.2. The van der Waals surface area contributed by atoms with Crippen LogP contribution in [0.25, 0.3) is 0 Å². The van der Waals surface area contributed by atoms with Crippen molar-refractivity contribution in [2.75, 3.05) is 32.0 Å². The Balaban J connectivity index is 1.56. The highest BCUT2D eigenvalue weighted by molar-refractivity contribution is 5.98. The molecule has 0 radical (unpaired) electrons. The average molecular weight is 341 g/mol. The summed E-state index contributed by atoms with van der Waals surface area (Å²) in [7, 11) is 1.61. The van der Waals surface area contributed by atoms with E-state index in [1.807, 2.05) is 29.1 Å². The number of anilines is 1. The number of carbonyl (C=O) groups excluding carboxylic acids is 2. The number of amides is 2. The molecular weight excluding hydrogens is 318 g/mol. The van der Waals surface area contributed by atoms with Crippen molar-refractivity contribution in [1.82, 2.24) is 20.0 Å². The molecule has 25 heavy (non-hydrogen) atoms. The van der Waals surface area contributed by atoms with Crippen LogP contribution >= 0.6 is 0 Å². The topological polar surface area (TPSA) is 79.3 Å². The normalized spacial score (nSPS) is 17.1. The van der Waals surface area contributed by atoms with Gasteiger partial charge < -0.3 is 15.5 Å². The van der Waals surface area contributed by atoms with Gasteiger partial charge in [-0.3, -0.25) is 14.3 Å². The molecule has 2 amide bonds. The Bertz CT molecular complexity index is 722. The van der Waals surface area contributed by atoms with E-state index in [9.17, 15) is 9.59 Å². The molecule has 2 N–H and O–H groups in total. The van der Waals surface area contributed by atoms with Crippen molar-refractivity contribution < 1.29 is 9.59 Å². The van der Waals surface area contributed by atoms with Gasteiger partial charge in [0, 0.05) is 25.5 Å². The number of nitrogens with zero attached hydrogens (tertiary/aromatic N) is 3. The zero-order valence-corrected chi connectivity index (χ0v) is 14.3. The second-order valence-corrected chi connectivity index (χ2v) is 6.26. The van der Waals surface area contributed by atoms with E-state index in [1.54, 1.807) is 25.2 Å². The molecule has 1 aliphatic heterocycles. The van der Waals surface area contributed by atoms with Crippen LogP contribution in [0.5, 0.6) is 0 Å². The number of carbonyl (C=O) groups is 2. The van der Waals surface area contributed by atoms with Crippen molar-refractivity contribution in [2.24, 2.45) is 0 Å². The molecule has 0 spiro atoms. The maximum absolute atomic E-state index is 12.5. The number of piperidine rings is 1. The first-order valence-corrected chi connectivity index (χ1v) is 8.50. The standard InChI is InChI=1S/C18H23N5O2/c1-22(13-17(24)20-14-6-3-2-4-7-14)18(25)16-9-11-23(21-16)15-8-5-10-19-12-15/h2-4,6-7,9,11,15,19H,5,8,10,12-13H2,1H3,(H,20,24). The summed E-state index contributed by atoms with van der Waals surface area (Å²) >= 11 is 0. The third-order valence-electron chi connectivity index (χ3n) is 4.26. The van der Waals surface area contributed by atoms with Crippen LogP contribution in [-0.4, -0.2) is 53.2 Å². The average Bonchev–Trinajstić information content (AvgIpc) is 3.12. The minimum Gasteiger partial charge on any atom is -0.331 e. The minimum absolute atomic E-state index is 0.0223. The summed E-state index contributed by atoms with van der Waals surface area (Å²) < 4.78 is 1.84. The minimum atomic E-state index is -0.259. The molecule has 1 aliphatic rings. The molecule has 7 heteroatoms. The fourth-order valence-corrected chi connectivity index (χ4v) is 2.92. The van der Waals surface area contributed by atoms with E-state index in [-0.39, 0.29) is 24.4 Å². The van der Waals surface area contributed by atoms with Gasteiger partial charge >= 0.3 is 0 Å². The number of para-hydroxylation sites is 1. The fraction of sp³-hybridized carbons (Fsp3) is 0.389. The van der Waals surface area contributed by atoms with Crippen LogP contribution in [0.1, 0.15) is 29.4 Å². The highest BCUT2D eigenvalue weighted by atomic mass is 16.2. The lowest BCUT2D eigenvalue weighted by Crippen LogP contribution is -2.35. The van der Waals surface area contributed by atoms with Crippen LogP contribution in [0.15, 0.2) is 42.6 Å². The lowest BCUT2D eigenvalue weighted by atomic mass is 10.1. The third-order valence-corrected chi connectivity index (χ3v) is 4.26. The van der Waals surface area contributed by atoms with Gasteiger partial charge in [-0.1, -0.05) is 18.2 Å². The first-order valence-electron chi connectivity index (χ1n) is 8.50. The van der Waals surface area contributed by atoms with Crippen molar-refractivity contribution >= 4 is 17.5 Å². The Labute approximate surface area is 147 Å². The molecular formula is C18H23N5O2. The summed E-state index contributed by atoms with van der Waals surface area (Å²) in [5.41, 5.74) is 1.07. The number of hydrogen-bond acceptors (Lipinski definition) is 4. The Morgan fingerprint density at radius 1 is 1.32 bits per heavy atom. The van der Waals surface area contributed by atoms with Crippen molar-refractivity contribution in [3.05, 3.63) is 48.3 Å². The smallest absolute Gasteiger partial charge is 0.274 e. The Morgan fingerprint density at radius 3 is 2.84 bits per heavy atom. The van der Waals surface area contributed by atoms with Crippen molar-refractivity contribution in [2.45, 2.75) is 18.9 Å². The third kappa shape index (κ3) is 4.45. The number of likely N-dealkylation sites (N-methyl/N-ethyl adjacent to an activating group) is 1. The largest absolute Gasteiger partial charge is 0.331 e. The maximum Gasteiger partial charge on any atom is 0.274 e. The summed E-state index contributed by atoms with van der Waals surface area (Å²) in [5, 5.41) is 10.5. The summed E-state index contributed by atoms with van der Waals surface area (Å²) in [6.07, 6.45) is 3.99. The van der Waals surface area contributed by atoms with Gasteiger partial charge in [0.1, 0.15) is 5.69 Å². The summed E-state index contributed by atoms with van der Waals surface area (Å²) in [4.78, 5) is 25.9. The Kier molecular flexibility index (Phi) is 5.45. The molecule has 0 saturated carbocycles. The summed E-state index contributed by atoms with van der Waals surface area (Å²) in [6, 6.07) is 11.2. The molecule has 1 unspecified atom stereocenters. The molecule has 1 fully saturated rings. The van der Waals surface area contributed by atoms with Gasteiger partial charge in [-0.15, -0.1) is 0 Å². The van der Waals surface area contributed by atoms with Crippen molar-refractivity contribution in [3.8, 4) is 0 Å². The first-order chi connectivity index (χ1) is 12.1. The Hall–Kier alpha value is -2.67. The van der Waals surface area contributed by atoms with Crippen LogP contribution in [0.2, 0.25) is 0 Å². The van der Waals surface area contributed by atoms with E-state index in [4.69, 9.17) is 0 Å². The van der Waals surface area contributed by atoms with Gasteiger partial charge in [-0.05, 0) is 37.6 Å². The SMILES string of the molecule is CN(CC(=O)Nc1ccccc1)C(=O)c1ccn(C2CCCNC2)n1. The summed E-state index contributed by atoms with van der Waals surface area (Å²) in [5.74, 6) is -0.497. The van der Waals surface area contributed by atoms with Gasteiger partial charge in [0.25, 0.3) is 5.91 Å².